The van der Waals surface area contributed by atoms with Crippen molar-refractivity contribution in [1.82, 2.24) is 0 Å². The maximum atomic E-state index is 12.8. The van der Waals surface area contributed by atoms with Crippen LogP contribution in [0.2, 0.25) is 0 Å². The fourth-order valence-electron chi connectivity index (χ4n) is 3.20. The molecular formula is C25H28O6S2. The predicted octanol–water partition coefficient (Wildman–Crippen LogP) is 5.15. The molecule has 0 saturated heterocycles. The van der Waals surface area contributed by atoms with Gasteiger partial charge in [0.15, 0.2) is 6.29 Å². The Labute approximate surface area is 196 Å². The van der Waals surface area contributed by atoms with Gasteiger partial charge in [0.1, 0.15) is 0 Å². The van der Waals surface area contributed by atoms with Gasteiger partial charge in [-0.25, -0.2) is 8.37 Å². The zero-order valence-corrected chi connectivity index (χ0v) is 20.3. The Hall–Kier alpha value is -2.52. The van der Waals surface area contributed by atoms with E-state index in [1.54, 1.807) is 24.3 Å². The summed E-state index contributed by atoms with van der Waals surface area (Å²) in [7, 11) is -8.43. The zero-order valence-electron chi connectivity index (χ0n) is 18.7. The number of hydrogen-bond acceptors (Lipinski definition) is 6. The summed E-state index contributed by atoms with van der Waals surface area (Å²) in [5.41, 5.74) is 2.93. The highest BCUT2D eigenvalue weighted by atomic mass is 32.2. The molecule has 6 nitrogen and oxygen atoms in total. The van der Waals surface area contributed by atoms with E-state index in [0.717, 1.165) is 29.5 Å². The van der Waals surface area contributed by atoms with Gasteiger partial charge in [0.05, 0.1) is 9.79 Å². The van der Waals surface area contributed by atoms with Crippen LogP contribution in [0.4, 0.5) is 0 Å². The minimum atomic E-state index is -4.22. The lowest BCUT2D eigenvalue weighted by Crippen LogP contribution is -2.25. The molecule has 0 amide bonds. The Balaban J connectivity index is 1.74. The van der Waals surface area contributed by atoms with Gasteiger partial charge in [-0.3, -0.25) is 0 Å². The maximum absolute atomic E-state index is 12.8. The molecule has 0 N–H and O–H groups in total. The van der Waals surface area contributed by atoms with Crippen LogP contribution >= 0.6 is 0 Å². The number of benzene rings is 3. The molecule has 33 heavy (non-hydrogen) atoms. The molecule has 3 aromatic rings. The van der Waals surface area contributed by atoms with Crippen molar-refractivity contribution in [3.8, 4) is 0 Å². The largest absolute Gasteiger partial charge is 0.299 e. The molecule has 0 spiro atoms. The van der Waals surface area contributed by atoms with Crippen LogP contribution in [0.1, 0.15) is 36.0 Å². The van der Waals surface area contributed by atoms with E-state index in [9.17, 15) is 16.8 Å². The van der Waals surface area contributed by atoms with Crippen LogP contribution in [0.5, 0.6) is 0 Å². The smallest absolute Gasteiger partial charge is 0.233 e. The van der Waals surface area contributed by atoms with Crippen molar-refractivity contribution >= 4 is 20.2 Å². The van der Waals surface area contributed by atoms with Crippen LogP contribution in [0.15, 0.2) is 88.7 Å². The second kappa shape index (κ2) is 11.1. The summed E-state index contributed by atoms with van der Waals surface area (Å²) in [6, 6.07) is 22.1. The average Bonchev–Trinajstić information content (AvgIpc) is 2.77. The first-order chi connectivity index (χ1) is 15.7. The SMILES string of the molecule is Cc1ccc(S(=O)(=O)OC(CCCCc2ccccc2)OS(=O)(=O)c2ccc(C)cc2)cc1. The van der Waals surface area contributed by atoms with Gasteiger partial charge < -0.3 is 0 Å². The van der Waals surface area contributed by atoms with Crippen LogP contribution in [0.3, 0.4) is 0 Å². The molecule has 176 valence electrons. The fourth-order valence-corrected chi connectivity index (χ4v) is 5.25. The van der Waals surface area contributed by atoms with Crippen LogP contribution in [-0.2, 0) is 35.0 Å². The molecule has 8 heteroatoms. The van der Waals surface area contributed by atoms with E-state index in [1.165, 1.54) is 24.3 Å². The van der Waals surface area contributed by atoms with Crippen molar-refractivity contribution in [2.24, 2.45) is 0 Å². The first-order valence-electron chi connectivity index (χ1n) is 10.7. The molecule has 0 bridgehead atoms. The summed E-state index contributed by atoms with van der Waals surface area (Å²) in [5.74, 6) is 0. The number of aryl methyl sites for hydroxylation is 3. The van der Waals surface area contributed by atoms with E-state index in [4.69, 9.17) is 8.37 Å². The topological polar surface area (TPSA) is 86.7 Å². The van der Waals surface area contributed by atoms with Gasteiger partial charge in [0.2, 0.25) is 0 Å². The van der Waals surface area contributed by atoms with Crippen molar-refractivity contribution in [2.45, 2.75) is 55.6 Å². The maximum Gasteiger partial charge on any atom is 0.299 e. The minimum absolute atomic E-state index is 0.0567. The van der Waals surface area contributed by atoms with Crippen LogP contribution in [-0.4, -0.2) is 23.1 Å². The second-order valence-electron chi connectivity index (χ2n) is 7.89. The van der Waals surface area contributed by atoms with Crippen LogP contribution in [0.25, 0.3) is 0 Å². The van der Waals surface area contributed by atoms with Gasteiger partial charge >= 0.3 is 0 Å². The average molecular weight is 489 g/mol. The van der Waals surface area contributed by atoms with Gasteiger partial charge in [-0.2, -0.15) is 16.8 Å². The molecule has 0 radical (unpaired) electrons. The van der Waals surface area contributed by atoms with Crippen molar-refractivity contribution in [3.05, 3.63) is 95.6 Å². The van der Waals surface area contributed by atoms with Gasteiger partial charge in [-0.15, -0.1) is 0 Å². The van der Waals surface area contributed by atoms with E-state index in [1.807, 2.05) is 44.2 Å². The third-order valence-electron chi connectivity index (χ3n) is 5.09. The lowest BCUT2D eigenvalue weighted by atomic mass is 10.1. The minimum Gasteiger partial charge on any atom is -0.233 e. The standard InChI is InChI=1S/C25H28O6S2/c1-20-12-16-23(17-13-20)32(26,27)30-25(11-7-6-10-22-8-4-3-5-9-22)31-33(28,29)24-18-14-21(2)15-19-24/h3-5,8-9,12-19,25H,6-7,10-11H2,1-2H3. The molecule has 0 atom stereocenters. The molecule has 3 aromatic carbocycles. The predicted molar refractivity (Wildman–Crippen MR) is 127 cm³/mol. The molecular weight excluding hydrogens is 460 g/mol. The third-order valence-corrected chi connectivity index (χ3v) is 7.72. The number of rotatable bonds is 11. The van der Waals surface area contributed by atoms with Crippen molar-refractivity contribution in [2.75, 3.05) is 0 Å². The van der Waals surface area contributed by atoms with E-state index >= 15 is 0 Å². The summed E-state index contributed by atoms with van der Waals surface area (Å²) >= 11 is 0. The van der Waals surface area contributed by atoms with Crippen molar-refractivity contribution in [1.29, 1.82) is 0 Å². The monoisotopic (exact) mass is 488 g/mol. The van der Waals surface area contributed by atoms with Crippen molar-refractivity contribution in [3.63, 3.8) is 0 Å². The molecule has 0 aliphatic heterocycles. The molecule has 0 heterocycles. The highest BCUT2D eigenvalue weighted by molar-refractivity contribution is 7.87. The first kappa shape index (κ1) is 25.1. The van der Waals surface area contributed by atoms with Crippen LogP contribution in [0, 0.1) is 13.8 Å². The summed E-state index contributed by atoms with van der Waals surface area (Å²) in [6.07, 6.45) is 0.652. The summed E-state index contributed by atoms with van der Waals surface area (Å²) < 4.78 is 61.6. The second-order valence-corrected chi connectivity index (χ2v) is 11.0. The number of unbranched alkanes of at least 4 members (excludes halogenated alkanes) is 1. The summed E-state index contributed by atoms with van der Waals surface area (Å²) in [5, 5.41) is 0. The fraction of sp³-hybridized carbons (Fsp3) is 0.280. The lowest BCUT2D eigenvalue weighted by molar-refractivity contribution is 0.00887. The Bertz CT molecular complexity index is 1160. The van der Waals surface area contributed by atoms with Crippen molar-refractivity contribution < 1.29 is 25.2 Å². The molecule has 0 saturated carbocycles. The Kier molecular flexibility index (Phi) is 8.42. The molecule has 0 aromatic heterocycles. The summed E-state index contributed by atoms with van der Waals surface area (Å²) in [6.45, 7) is 3.67. The van der Waals surface area contributed by atoms with Gasteiger partial charge in [0.25, 0.3) is 20.2 Å². The third kappa shape index (κ3) is 7.50. The van der Waals surface area contributed by atoms with E-state index in [-0.39, 0.29) is 16.2 Å². The lowest BCUT2D eigenvalue weighted by Gasteiger charge is -2.18. The highest BCUT2D eigenvalue weighted by Gasteiger charge is 2.28. The normalized spacial score (nSPS) is 12.2. The van der Waals surface area contributed by atoms with E-state index < -0.39 is 26.5 Å². The van der Waals surface area contributed by atoms with Gasteiger partial charge in [-0.05, 0) is 62.9 Å². The van der Waals surface area contributed by atoms with Gasteiger partial charge in [0, 0.05) is 6.42 Å². The highest BCUT2D eigenvalue weighted by Crippen LogP contribution is 2.23. The quantitative estimate of drug-likeness (QED) is 0.211. The van der Waals surface area contributed by atoms with Gasteiger partial charge in [-0.1, -0.05) is 65.7 Å². The molecule has 0 unspecified atom stereocenters. The zero-order chi connectivity index (χ0) is 23.9. The number of hydrogen-bond donors (Lipinski definition) is 0. The van der Waals surface area contributed by atoms with E-state index in [0.29, 0.717) is 6.42 Å². The van der Waals surface area contributed by atoms with E-state index in [2.05, 4.69) is 0 Å². The Morgan fingerprint density at radius 1 is 0.636 bits per heavy atom. The molecule has 3 rings (SSSR count). The molecule has 0 aliphatic rings. The molecule has 0 fully saturated rings. The molecule has 0 aliphatic carbocycles. The summed E-state index contributed by atoms with van der Waals surface area (Å²) in [4.78, 5) is -0.113. The Morgan fingerprint density at radius 2 is 1.09 bits per heavy atom. The van der Waals surface area contributed by atoms with Crippen LogP contribution < -0.4 is 0 Å². The Morgan fingerprint density at radius 3 is 1.55 bits per heavy atom. The first-order valence-corrected chi connectivity index (χ1v) is 13.5.